The molecule has 0 saturated heterocycles. The fraction of sp³-hybridized carbons (Fsp3) is 0.562. The van der Waals surface area contributed by atoms with Gasteiger partial charge in [-0.25, -0.2) is 0 Å². The molecule has 0 saturated carbocycles. The van der Waals surface area contributed by atoms with Crippen molar-refractivity contribution in [2.24, 2.45) is 0 Å². The maximum Gasteiger partial charge on any atom is 0.234 e. The second-order valence-electron chi connectivity index (χ2n) is 5.29. The lowest BCUT2D eigenvalue weighted by Gasteiger charge is -2.28. The number of nitrogens with zero attached hydrogens (tertiary/aromatic N) is 1. The number of carbonyl (C=O) groups excluding carboxylic acids is 1. The SMILES string of the molecule is CCCCCNC(=O)CN1CCc2ccccc2C1. The summed E-state index contributed by atoms with van der Waals surface area (Å²) >= 11 is 0. The molecule has 0 fully saturated rings. The molecule has 0 radical (unpaired) electrons. The zero-order valence-corrected chi connectivity index (χ0v) is 11.8. The van der Waals surface area contributed by atoms with Gasteiger partial charge in [-0.15, -0.1) is 0 Å². The lowest BCUT2D eigenvalue weighted by atomic mass is 10.00. The second-order valence-corrected chi connectivity index (χ2v) is 5.29. The average Bonchev–Trinajstić information content (AvgIpc) is 2.43. The summed E-state index contributed by atoms with van der Waals surface area (Å²) in [4.78, 5) is 14.1. The summed E-state index contributed by atoms with van der Waals surface area (Å²) in [5, 5.41) is 3.01. The Morgan fingerprint density at radius 2 is 2.05 bits per heavy atom. The summed E-state index contributed by atoms with van der Waals surface area (Å²) in [6.45, 7) is 5.41. The zero-order valence-electron chi connectivity index (χ0n) is 11.8. The van der Waals surface area contributed by atoms with Crippen LogP contribution >= 0.6 is 0 Å². The first-order valence-corrected chi connectivity index (χ1v) is 7.35. The fourth-order valence-corrected chi connectivity index (χ4v) is 2.55. The molecule has 0 bridgehead atoms. The van der Waals surface area contributed by atoms with Gasteiger partial charge in [0, 0.05) is 19.6 Å². The van der Waals surface area contributed by atoms with Crippen LogP contribution in [0.15, 0.2) is 24.3 Å². The molecule has 19 heavy (non-hydrogen) atoms. The number of fused-ring (bicyclic) bond motifs is 1. The van der Waals surface area contributed by atoms with Crippen LogP contribution in [-0.2, 0) is 17.8 Å². The van der Waals surface area contributed by atoms with Crippen LogP contribution in [0.5, 0.6) is 0 Å². The molecule has 0 aliphatic carbocycles. The van der Waals surface area contributed by atoms with Crippen molar-refractivity contribution in [1.82, 2.24) is 10.2 Å². The van der Waals surface area contributed by atoms with E-state index in [9.17, 15) is 4.79 Å². The lowest BCUT2D eigenvalue weighted by Crippen LogP contribution is -2.40. The number of hydrogen-bond donors (Lipinski definition) is 1. The molecule has 2 rings (SSSR count). The van der Waals surface area contributed by atoms with Crippen molar-refractivity contribution in [3.05, 3.63) is 35.4 Å². The van der Waals surface area contributed by atoms with Crippen LogP contribution in [0.4, 0.5) is 0 Å². The van der Waals surface area contributed by atoms with Gasteiger partial charge in [-0.05, 0) is 24.0 Å². The van der Waals surface area contributed by atoms with Gasteiger partial charge in [0.15, 0.2) is 0 Å². The van der Waals surface area contributed by atoms with Gasteiger partial charge in [0.25, 0.3) is 0 Å². The number of amides is 1. The zero-order chi connectivity index (χ0) is 13.5. The molecule has 0 atom stereocenters. The highest BCUT2D eigenvalue weighted by Gasteiger charge is 2.17. The van der Waals surface area contributed by atoms with Crippen LogP contribution in [0.3, 0.4) is 0 Å². The molecule has 104 valence electrons. The Morgan fingerprint density at radius 1 is 1.26 bits per heavy atom. The topological polar surface area (TPSA) is 32.3 Å². The predicted molar refractivity (Wildman–Crippen MR) is 78.0 cm³/mol. The minimum atomic E-state index is 0.162. The molecule has 1 aromatic carbocycles. The van der Waals surface area contributed by atoms with Gasteiger partial charge >= 0.3 is 0 Å². The maximum atomic E-state index is 11.8. The van der Waals surface area contributed by atoms with Crippen molar-refractivity contribution in [2.75, 3.05) is 19.6 Å². The molecule has 1 amide bonds. The Bertz CT molecular complexity index is 417. The monoisotopic (exact) mass is 260 g/mol. The smallest absolute Gasteiger partial charge is 0.234 e. The molecule has 0 aromatic heterocycles. The first-order chi connectivity index (χ1) is 9.29. The molecule has 1 aliphatic heterocycles. The number of carbonyl (C=O) groups is 1. The summed E-state index contributed by atoms with van der Waals surface area (Å²) in [5.74, 6) is 0.162. The van der Waals surface area contributed by atoms with Gasteiger partial charge in [-0.3, -0.25) is 9.69 Å². The number of benzene rings is 1. The first-order valence-electron chi connectivity index (χ1n) is 7.35. The van der Waals surface area contributed by atoms with E-state index in [0.29, 0.717) is 6.54 Å². The Hall–Kier alpha value is -1.35. The van der Waals surface area contributed by atoms with Gasteiger partial charge in [0.1, 0.15) is 0 Å². The quantitative estimate of drug-likeness (QED) is 0.796. The third-order valence-electron chi connectivity index (χ3n) is 3.68. The molecule has 1 aliphatic rings. The third-order valence-corrected chi connectivity index (χ3v) is 3.68. The largest absolute Gasteiger partial charge is 0.355 e. The Morgan fingerprint density at radius 3 is 2.84 bits per heavy atom. The van der Waals surface area contributed by atoms with E-state index >= 15 is 0 Å². The van der Waals surface area contributed by atoms with E-state index < -0.39 is 0 Å². The lowest BCUT2D eigenvalue weighted by molar-refractivity contribution is -0.122. The van der Waals surface area contributed by atoms with Crippen LogP contribution in [0, 0.1) is 0 Å². The van der Waals surface area contributed by atoms with Crippen molar-refractivity contribution in [3.8, 4) is 0 Å². The molecule has 3 nitrogen and oxygen atoms in total. The molecule has 1 heterocycles. The van der Waals surface area contributed by atoms with Crippen molar-refractivity contribution in [3.63, 3.8) is 0 Å². The predicted octanol–water partition coefficient (Wildman–Crippen LogP) is 2.35. The van der Waals surface area contributed by atoms with Crippen molar-refractivity contribution in [2.45, 2.75) is 39.2 Å². The van der Waals surface area contributed by atoms with Crippen LogP contribution in [0.25, 0.3) is 0 Å². The van der Waals surface area contributed by atoms with E-state index in [1.165, 1.54) is 24.0 Å². The van der Waals surface area contributed by atoms with Crippen molar-refractivity contribution >= 4 is 5.91 Å². The second kappa shape index (κ2) is 7.29. The summed E-state index contributed by atoms with van der Waals surface area (Å²) in [6, 6.07) is 8.53. The highest BCUT2D eigenvalue weighted by atomic mass is 16.2. The maximum absolute atomic E-state index is 11.8. The number of unbranched alkanes of at least 4 members (excludes halogenated alkanes) is 2. The molecule has 0 spiro atoms. The van der Waals surface area contributed by atoms with E-state index in [-0.39, 0.29) is 5.91 Å². The van der Waals surface area contributed by atoms with Crippen molar-refractivity contribution in [1.29, 1.82) is 0 Å². The minimum Gasteiger partial charge on any atom is -0.355 e. The molecule has 3 heteroatoms. The normalized spacial score (nSPS) is 15.0. The first kappa shape index (κ1) is 14.1. The van der Waals surface area contributed by atoms with Crippen LogP contribution < -0.4 is 5.32 Å². The Kier molecular flexibility index (Phi) is 5.40. The summed E-state index contributed by atoms with van der Waals surface area (Å²) in [6.07, 6.45) is 4.53. The van der Waals surface area contributed by atoms with Crippen LogP contribution in [0.2, 0.25) is 0 Å². The van der Waals surface area contributed by atoms with Gasteiger partial charge in [-0.2, -0.15) is 0 Å². The molecular formula is C16H24N2O. The van der Waals surface area contributed by atoms with E-state index in [1.807, 2.05) is 0 Å². The van der Waals surface area contributed by atoms with E-state index in [2.05, 4.69) is 41.4 Å². The fourth-order valence-electron chi connectivity index (χ4n) is 2.55. The number of rotatable bonds is 6. The van der Waals surface area contributed by atoms with E-state index in [1.54, 1.807) is 0 Å². The van der Waals surface area contributed by atoms with Gasteiger partial charge in [0.2, 0.25) is 5.91 Å². The molecule has 1 aromatic rings. The van der Waals surface area contributed by atoms with Crippen molar-refractivity contribution < 1.29 is 4.79 Å². The molecular weight excluding hydrogens is 236 g/mol. The van der Waals surface area contributed by atoms with E-state index in [4.69, 9.17) is 0 Å². The highest BCUT2D eigenvalue weighted by Crippen LogP contribution is 2.17. The number of hydrogen-bond acceptors (Lipinski definition) is 2. The average molecular weight is 260 g/mol. The molecule has 0 unspecified atom stereocenters. The number of nitrogens with one attached hydrogen (secondary N) is 1. The third kappa shape index (κ3) is 4.35. The van der Waals surface area contributed by atoms with Gasteiger partial charge in [-0.1, -0.05) is 44.0 Å². The summed E-state index contributed by atoms with van der Waals surface area (Å²) in [7, 11) is 0. The van der Waals surface area contributed by atoms with Gasteiger partial charge < -0.3 is 5.32 Å². The van der Waals surface area contributed by atoms with E-state index in [0.717, 1.165) is 32.5 Å². The standard InChI is InChI=1S/C16H24N2O/c1-2-3-6-10-17-16(19)13-18-11-9-14-7-4-5-8-15(14)12-18/h4-5,7-8H,2-3,6,9-13H2,1H3,(H,17,19). The minimum absolute atomic E-state index is 0.162. The highest BCUT2D eigenvalue weighted by molar-refractivity contribution is 5.78. The Labute approximate surface area is 116 Å². The summed E-state index contributed by atoms with van der Waals surface area (Å²) < 4.78 is 0. The molecule has 1 N–H and O–H groups in total. The Balaban J connectivity index is 1.74. The van der Waals surface area contributed by atoms with Gasteiger partial charge in [0.05, 0.1) is 6.54 Å². The van der Waals surface area contributed by atoms with Crippen LogP contribution in [-0.4, -0.2) is 30.4 Å². The van der Waals surface area contributed by atoms with Crippen LogP contribution in [0.1, 0.15) is 37.3 Å². The summed E-state index contributed by atoms with van der Waals surface area (Å²) in [5.41, 5.74) is 2.80.